The van der Waals surface area contributed by atoms with Crippen LogP contribution < -0.4 is 10.2 Å². The maximum absolute atomic E-state index is 5.61. The molecular formula is C12H24N4O2. The van der Waals surface area contributed by atoms with Gasteiger partial charge in [-0.25, -0.2) is 0 Å². The molecule has 6 heteroatoms. The lowest BCUT2D eigenvalue weighted by molar-refractivity contribution is 0.204. The van der Waals surface area contributed by atoms with Crippen molar-refractivity contribution in [1.82, 2.24) is 15.5 Å². The van der Waals surface area contributed by atoms with Crippen molar-refractivity contribution in [2.45, 2.75) is 39.8 Å². The highest BCUT2D eigenvalue weighted by molar-refractivity contribution is 5.23. The maximum atomic E-state index is 5.61. The smallest absolute Gasteiger partial charge is 0.318 e. The molecule has 0 spiro atoms. The van der Waals surface area contributed by atoms with E-state index in [9.17, 15) is 0 Å². The molecule has 0 saturated carbocycles. The van der Waals surface area contributed by atoms with Crippen molar-refractivity contribution in [2.24, 2.45) is 0 Å². The summed E-state index contributed by atoms with van der Waals surface area (Å²) < 4.78 is 10.7. The number of nitrogens with one attached hydrogen (secondary N) is 1. The van der Waals surface area contributed by atoms with E-state index in [2.05, 4.69) is 36.3 Å². The van der Waals surface area contributed by atoms with E-state index >= 15 is 0 Å². The number of hydrogen-bond acceptors (Lipinski definition) is 6. The van der Waals surface area contributed by atoms with E-state index in [0.717, 1.165) is 13.1 Å². The number of ether oxygens (including phenoxy) is 1. The molecule has 104 valence electrons. The Morgan fingerprint density at radius 1 is 1.33 bits per heavy atom. The van der Waals surface area contributed by atoms with Gasteiger partial charge in [0.2, 0.25) is 5.89 Å². The quantitative estimate of drug-likeness (QED) is 0.796. The molecule has 1 aromatic rings. The second-order valence-electron chi connectivity index (χ2n) is 5.15. The van der Waals surface area contributed by atoms with Crippen molar-refractivity contribution in [2.75, 3.05) is 31.7 Å². The molecule has 1 rings (SSSR count). The summed E-state index contributed by atoms with van der Waals surface area (Å²) in [6, 6.07) is 0.556. The van der Waals surface area contributed by atoms with E-state index in [0.29, 0.717) is 25.1 Å². The SMILES string of the molecule is CCN(CCOC)c1nnc(CNC(C)(C)C)o1. The lowest BCUT2D eigenvalue weighted by Crippen LogP contribution is -2.35. The van der Waals surface area contributed by atoms with Crippen LogP contribution in [0, 0.1) is 0 Å². The number of likely N-dealkylation sites (N-methyl/N-ethyl adjacent to an activating group) is 1. The Balaban J connectivity index is 2.55. The van der Waals surface area contributed by atoms with Gasteiger partial charge >= 0.3 is 6.01 Å². The number of nitrogens with zero attached hydrogens (tertiary/aromatic N) is 3. The van der Waals surface area contributed by atoms with Gasteiger partial charge in [-0.2, -0.15) is 0 Å². The third kappa shape index (κ3) is 5.01. The fraction of sp³-hybridized carbons (Fsp3) is 0.833. The van der Waals surface area contributed by atoms with Gasteiger partial charge in [-0.15, -0.1) is 5.10 Å². The summed E-state index contributed by atoms with van der Waals surface area (Å²) >= 11 is 0. The molecule has 1 N–H and O–H groups in total. The zero-order valence-corrected chi connectivity index (χ0v) is 12.0. The molecule has 6 nitrogen and oxygen atoms in total. The Labute approximate surface area is 109 Å². The van der Waals surface area contributed by atoms with Crippen LogP contribution in [0.25, 0.3) is 0 Å². The first kappa shape index (κ1) is 14.9. The molecule has 0 amide bonds. The zero-order valence-electron chi connectivity index (χ0n) is 12.0. The van der Waals surface area contributed by atoms with Crippen LogP contribution >= 0.6 is 0 Å². The van der Waals surface area contributed by atoms with Crippen molar-refractivity contribution in [3.8, 4) is 0 Å². The minimum absolute atomic E-state index is 0.0368. The summed E-state index contributed by atoms with van der Waals surface area (Å²) in [6.45, 7) is 11.1. The van der Waals surface area contributed by atoms with E-state index in [1.54, 1.807) is 7.11 Å². The highest BCUT2D eigenvalue weighted by atomic mass is 16.5. The first-order chi connectivity index (χ1) is 8.46. The van der Waals surface area contributed by atoms with Crippen LogP contribution in [-0.2, 0) is 11.3 Å². The van der Waals surface area contributed by atoms with Crippen molar-refractivity contribution in [3.05, 3.63) is 5.89 Å². The van der Waals surface area contributed by atoms with Crippen molar-refractivity contribution in [1.29, 1.82) is 0 Å². The van der Waals surface area contributed by atoms with E-state index in [4.69, 9.17) is 9.15 Å². The van der Waals surface area contributed by atoms with Gasteiger partial charge in [-0.3, -0.25) is 0 Å². The summed E-state index contributed by atoms with van der Waals surface area (Å²) in [5.74, 6) is 0.607. The predicted octanol–water partition coefficient (Wildman–Crippen LogP) is 1.43. The third-order valence-electron chi connectivity index (χ3n) is 2.44. The summed E-state index contributed by atoms with van der Waals surface area (Å²) in [5, 5.41) is 11.4. The van der Waals surface area contributed by atoms with E-state index in [1.165, 1.54) is 0 Å². The second kappa shape index (κ2) is 6.70. The molecule has 0 aromatic carbocycles. The van der Waals surface area contributed by atoms with E-state index < -0.39 is 0 Å². The second-order valence-corrected chi connectivity index (χ2v) is 5.15. The lowest BCUT2D eigenvalue weighted by atomic mass is 10.1. The van der Waals surface area contributed by atoms with Gasteiger partial charge < -0.3 is 19.4 Å². The molecule has 1 heterocycles. The van der Waals surface area contributed by atoms with Crippen molar-refractivity contribution < 1.29 is 9.15 Å². The highest BCUT2D eigenvalue weighted by Crippen LogP contribution is 2.12. The van der Waals surface area contributed by atoms with E-state index in [-0.39, 0.29) is 5.54 Å². The van der Waals surface area contributed by atoms with Gasteiger partial charge in [0.05, 0.1) is 13.2 Å². The van der Waals surface area contributed by atoms with E-state index in [1.807, 2.05) is 11.8 Å². The van der Waals surface area contributed by atoms with Gasteiger partial charge in [0.1, 0.15) is 0 Å². The topological polar surface area (TPSA) is 63.4 Å². The van der Waals surface area contributed by atoms with Crippen LogP contribution in [-0.4, -0.2) is 42.5 Å². The molecule has 0 fully saturated rings. The number of methoxy groups -OCH3 is 1. The molecule has 1 aromatic heterocycles. The average molecular weight is 256 g/mol. The van der Waals surface area contributed by atoms with Crippen LogP contribution in [0.4, 0.5) is 6.01 Å². The number of anilines is 1. The lowest BCUT2D eigenvalue weighted by Gasteiger charge is -2.19. The summed E-state index contributed by atoms with van der Waals surface area (Å²) in [4.78, 5) is 2.00. The minimum atomic E-state index is 0.0368. The number of aromatic nitrogens is 2. The van der Waals surface area contributed by atoms with Gasteiger partial charge in [-0.05, 0) is 27.7 Å². The Morgan fingerprint density at radius 2 is 2.06 bits per heavy atom. The zero-order chi connectivity index (χ0) is 13.6. The molecule has 0 bridgehead atoms. The van der Waals surface area contributed by atoms with Crippen LogP contribution in [0.1, 0.15) is 33.6 Å². The maximum Gasteiger partial charge on any atom is 0.318 e. The Bertz CT molecular complexity index is 346. The van der Waals surface area contributed by atoms with Gasteiger partial charge in [0, 0.05) is 25.7 Å². The van der Waals surface area contributed by atoms with Gasteiger partial charge in [0.15, 0.2) is 0 Å². The van der Waals surface area contributed by atoms with Crippen LogP contribution in [0.3, 0.4) is 0 Å². The molecule has 0 unspecified atom stereocenters. The normalized spacial score (nSPS) is 11.8. The van der Waals surface area contributed by atoms with Crippen molar-refractivity contribution >= 4 is 6.01 Å². The molecule has 18 heavy (non-hydrogen) atoms. The fourth-order valence-corrected chi connectivity index (χ4v) is 1.38. The average Bonchev–Trinajstić information content (AvgIpc) is 2.75. The third-order valence-corrected chi connectivity index (χ3v) is 2.44. The summed E-state index contributed by atoms with van der Waals surface area (Å²) in [7, 11) is 1.68. The summed E-state index contributed by atoms with van der Waals surface area (Å²) in [5.41, 5.74) is 0.0368. The van der Waals surface area contributed by atoms with Gasteiger partial charge in [-0.1, -0.05) is 5.10 Å². The molecule has 0 aliphatic heterocycles. The Hall–Kier alpha value is -1.14. The largest absolute Gasteiger partial charge is 0.407 e. The van der Waals surface area contributed by atoms with Crippen LogP contribution in [0.15, 0.2) is 4.42 Å². The number of hydrogen-bond donors (Lipinski definition) is 1. The Morgan fingerprint density at radius 3 is 2.61 bits per heavy atom. The monoisotopic (exact) mass is 256 g/mol. The molecule has 0 atom stereocenters. The van der Waals surface area contributed by atoms with Crippen LogP contribution in [0.5, 0.6) is 0 Å². The summed E-state index contributed by atoms with van der Waals surface area (Å²) in [6.07, 6.45) is 0. The minimum Gasteiger partial charge on any atom is -0.407 e. The predicted molar refractivity (Wildman–Crippen MR) is 70.7 cm³/mol. The standard InChI is InChI=1S/C12H24N4O2/c1-6-16(7-8-17-5)11-15-14-10(18-11)9-13-12(2,3)4/h13H,6-9H2,1-5H3. The first-order valence-electron chi connectivity index (χ1n) is 6.27. The van der Waals surface area contributed by atoms with Gasteiger partial charge in [0.25, 0.3) is 0 Å². The molecule has 0 radical (unpaired) electrons. The van der Waals surface area contributed by atoms with Crippen molar-refractivity contribution in [3.63, 3.8) is 0 Å². The molecule has 0 aliphatic carbocycles. The molecule has 0 saturated heterocycles. The highest BCUT2D eigenvalue weighted by Gasteiger charge is 2.15. The first-order valence-corrected chi connectivity index (χ1v) is 6.27. The number of rotatable bonds is 7. The van der Waals surface area contributed by atoms with Crippen LogP contribution in [0.2, 0.25) is 0 Å². The fourth-order valence-electron chi connectivity index (χ4n) is 1.38. The molecular weight excluding hydrogens is 232 g/mol. The molecule has 0 aliphatic rings. The Kier molecular flexibility index (Phi) is 5.55.